The molecule has 1 aliphatic rings. The van der Waals surface area contributed by atoms with Gasteiger partial charge in [0.25, 0.3) is 0 Å². The maximum Gasteiger partial charge on any atom is 0.338 e. The number of aromatic carboxylic acids is 1. The molecule has 1 aromatic rings. The van der Waals surface area contributed by atoms with E-state index in [9.17, 15) is 14.7 Å². The highest BCUT2D eigenvalue weighted by Crippen LogP contribution is 2.20. The molecule has 2 rings (SSSR count). The topological polar surface area (TPSA) is 66.4 Å². The minimum Gasteiger partial charge on any atom is -0.545 e. The van der Waals surface area contributed by atoms with Gasteiger partial charge in [-0.1, -0.05) is 6.07 Å². The standard InChI is InChI=1S/C9H6O4/c10-8(11)5-1-2-7-6(3-5)4-13-9(7)12/h1-3H,4H2,(H,10,11)/p-1. The van der Waals surface area contributed by atoms with Gasteiger partial charge in [0.1, 0.15) is 6.61 Å². The number of carboxylic acids is 1. The van der Waals surface area contributed by atoms with Crippen molar-refractivity contribution in [3.8, 4) is 0 Å². The Morgan fingerprint density at radius 1 is 1.46 bits per heavy atom. The summed E-state index contributed by atoms with van der Waals surface area (Å²) in [6.07, 6.45) is 0. The zero-order chi connectivity index (χ0) is 9.42. The average molecular weight is 177 g/mol. The van der Waals surface area contributed by atoms with Crippen molar-refractivity contribution in [1.29, 1.82) is 0 Å². The molecule has 13 heavy (non-hydrogen) atoms. The van der Waals surface area contributed by atoms with Gasteiger partial charge in [-0.05, 0) is 17.7 Å². The van der Waals surface area contributed by atoms with Crippen LogP contribution in [0.3, 0.4) is 0 Å². The predicted octanol–water partition coefficient (Wildman–Crippen LogP) is -0.280. The van der Waals surface area contributed by atoms with Crippen molar-refractivity contribution in [3.05, 3.63) is 34.9 Å². The molecule has 4 nitrogen and oxygen atoms in total. The molecule has 1 aromatic carbocycles. The molecule has 0 unspecified atom stereocenters. The van der Waals surface area contributed by atoms with Gasteiger partial charge in [0.2, 0.25) is 0 Å². The summed E-state index contributed by atoms with van der Waals surface area (Å²) in [5.74, 6) is -1.65. The largest absolute Gasteiger partial charge is 0.545 e. The summed E-state index contributed by atoms with van der Waals surface area (Å²) in [6, 6.07) is 4.17. The average Bonchev–Trinajstić information content (AvgIpc) is 2.47. The van der Waals surface area contributed by atoms with Gasteiger partial charge in [0, 0.05) is 5.56 Å². The lowest BCUT2D eigenvalue weighted by Gasteiger charge is -2.02. The smallest absolute Gasteiger partial charge is 0.338 e. The van der Waals surface area contributed by atoms with E-state index in [4.69, 9.17) is 4.74 Å². The van der Waals surface area contributed by atoms with Crippen molar-refractivity contribution < 1.29 is 19.4 Å². The molecule has 1 heterocycles. The number of hydrogen-bond acceptors (Lipinski definition) is 4. The third-order valence-corrected chi connectivity index (χ3v) is 1.92. The first-order valence-corrected chi connectivity index (χ1v) is 3.70. The number of cyclic esters (lactones) is 1. The third-order valence-electron chi connectivity index (χ3n) is 1.92. The summed E-state index contributed by atoms with van der Waals surface area (Å²) in [4.78, 5) is 21.4. The minimum atomic E-state index is -1.25. The first kappa shape index (κ1) is 7.79. The zero-order valence-electron chi connectivity index (χ0n) is 6.57. The summed E-state index contributed by atoms with van der Waals surface area (Å²) in [7, 11) is 0. The number of carboxylic acid groups (broad SMARTS) is 1. The van der Waals surface area contributed by atoms with Crippen LogP contribution in [0.2, 0.25) is 0 Å². The summed E-state index contributed by atoms with van der Waals surface area (Å²) in [6.45, 7) is 0.148. The van der Waals surface area contributed by atoms with Crippen LogP contribution in [0.5, 0.6) is 0 Å². The molecule has 0 fully saturated rings. The Kier molecular flexibility index (Phi) is 1.55. The SMILES string of the molecule is O=C([O-])c1ccc2c(c1)COC2=O. The van der Waals surface area contributed by atoms with E-state index >= 15 is 0 Å². The van der Waals surface area contributed by atoms with Gasteiger partial charge in [-0.25, -0.2) is 4.79 Å². The normalized spacial score (nSPS) is 13.7. The first-order chi connectivity index (χ1) is 6.18. The fourth-order valence-electron chi connectivity index (χ4n) is 1.26. The first-order valence-electron chi connectivity index (χ1n) is 3.70. The fraction of sp³-hybridized carbons (Fsp3) is 0.111. The number of rotatable bonds is 1. The van der Waals surface area contributed by atoms with Gasteiger partial charge in [-0.15, -0.1) is 0 Å². The second kappa shape index (κ2) is 2.58. The lowest BCUT2D eigenvalue weighted by molar-refractivity contribution is -0.255. The molecule has 0 radical (unpaired) electrons. The molecule has 66 valence electrons. The Labute approximate surface area is 73.8 Å². The zero-order valence-corrected chi connectivity index (χ0v) is 6.57. The molecule has 0 saturated heterocycles. The Balaban J connectivity index is 2.51. The number of hydrogen-bond donors (Lipinski definition) is 0. The van der Waals surface area contributed by atoms with E-state index < -0.39 is 11.9 Å². The van der Waals surface area contributed by atoms with Gasteiger partial charge >= 0.3 is 5.97 Å². The van der Waals surface area contributed by atoms with Crippen molar-refractivity contribution in [2.45, 2.75) is 6.61 Å². The quantitative estimate of drug-likeness (QED) is 0.553. The molecular weight excluding hydrogens is 172 g/mol. The van der Waals surface area contributed by atoms with Gasteiger partial charge in [-0.2, -0.15) is 0 Å². The molecule has 0 spiro atoms. The van der Waals surface area contributed by atoms with Gasteiger partial charge in [0.05, 0.1) is 11.5 Å². The molecule has 0 atom stereocenters. The van der Waals surface area contributed by atoms with Crippen molar-refractivity contribution in [1.82, 2.24) is 0 Å². The Morgan fingerprint density at radius 3 is 2.92 bits per heavy atom. The van der Waals surface area contributed by atoms with Crippen LogP contribution in [-0.2, 0) is 11.3 Å². The second-order valence-corrected chi connectivity index (χ2v) is 2.74. The van der Waals surface area contributed by atoms with Crippen molar-refractivity contribution >= 4 is 11.9 Å². The van der Waals surface area contributed by atoms with E-state index in [0.717, 1.165) is 0 Å². The van der Waals surface area contributed by atoms with Crippen LogP contribution in [0.4, 0.5) is 0 Å². The number of carbonyl (C=O) groups is 2. The highest BCUT2D eigenvalue weighted by atomic mass is 16.5. The summed E-state index contributed by atoms with van der Waals surface area (Å²) in [5.41, 5.74) is 1.11. The van der Waals surface area contributed by atoms with Crippen LogP contribution >= 0.6 is 0 Å². The van der Waals surface area contributed by atoms with Gasteiger partial charge in [-0.3, -0.25) is 0 Å². The lowest BCUT2D eigenvalue weighted by atomic mass is 10.1. The lowest BCUT2D eigenvalue weighted by Crippen LogP contribution is -2.22. The Hall–Kier alpha value is -1.84. The number of esters is 1. The molecule has 0 aromatic heterocycles. The number of carbonyl (C=O) groups excluding carboxylic acids is 2. The molecule has 1 aliphatic heterocycles. The molecule has 4 heteroatoms. The third kappa shape index (κ3) is 1.16. The van der Waals surface area contributed by atoms with Crippen LogP contribution in [-0.4, -0.2) is 11.9 Å². The second-order valence-electron chi connectivity index (χ2n) is 2.74. The minimum absolute atomic E-state index is 0.0667. The van der Waals surface area contributed by atoms with Crippen LogP contribution in [0.25, 0.3) is 0 Å². The number of ether oxygens (including phenoxy) is 1. The monoisotopic (exact) mass is 177 g/mol. The van der Waals surface area contributed by atoms with Crippen LogP contribution in [0, 0.1) is 0 Å². The molecular formula is C9H5O4-. The van der Waals surface area contributed by atoms with E-state index in [2.05, 4.69) is 0 Å². The van der Waals surface area contributed by atoms with Crippen molar-refractivity contribution in [2.75, 3.05) is 0 Å². The fourth-order valence-corrected chi connectivity index (χ4v) is 1.26. The summed E-state index contributed by atoms with van der Waals surface area (Å²) < 4.78 is 4.71. The number of benzene rings is 1. The molecule has 0 aliphatic carbocycles. The molecule has 0 amide bonds. The maximum atomic E-state index is 11.0. The van der Waals surface area contributed by atoms with E-state index in [0.29, 0.717) is 11.1 Å². The van der Waals surface area contributed by atoms with Crippen molar-refractivity contribution in [2.24, 2.45) is 0 Å². The van der Waals surface area contributed by atoms with E-state index in [1.165, 1.54) is 18.2 Å². The Bertz CT molecular complexity index is 395. The van der Waals surface area contributed by atoms with Gasteiger partial charge < -0.3 is 14.6 Å². The van der Waals surface area contributed by atoms with Crippen LogP contribution in [0.15, 0.2) is 18.2 Å². The van der Waals surface area contributed by atoms with Crippen LogP contribution < -0.4 is 5.11 Å². The Morgan fingerprint density at radius 2 is 2.23 bits per heavy atom. The highest BCUT2D eigenvalue weighted by Gasteiger charge is 2.20. The summed E-state index contributed by atoms with van der Waals surface area (Å²) in [5, 5.41) is 10.4. The van der Waals surface area contributed by atoms with E-state index in [-0.39, 0.29) is 12.2 Å². The molecule has 0 N–H and O–H groups in total. The van der Waals surface area contributed by atoms with Crippen LogP contribution in [0.1, 0.15) is 26.3 Å². The maximum absolute atomic E-state index is 11.0. The van der Waals surface area contributed by atoms with E-state index in [1.54, 1.807) is 0 Å². The predicted molar refractivity (Wildman–Crippen MR) is 39.9 cm³/mol. The van der Waals surface area contributed by atoms with Crippen molar-refractivity contribution in [3.63, 3.8) is 0 Å². The molecule has 0 saturated carbocycles. The highest BCUT2D eigenvalue weighted by molar-refractivity contribution is 5.95. The van der Waals surface area contributed by atoms with Gasteiger partial charge in [0.15, 0.2) is 0 Å². The van der Waals surface area contributed by atoms with E-state index in [1.807, 2.05) is 0 Å². The number of fused-ring (bicyclic) bond motifs is 1. The molecule has 0 bridgehead atoms. The summed E-state index contributed by atoms with van der Waals surface area (Å²) >= 11 is 0.